The molecular weight excluding hydrogens is 304 g/mol. The van der Waals surface area contributed by atoms with Crippen molar-refractivity contribution in [2.75, 3.05) is 10.6 Å². The van der Waals surface area contributed by atoms with Crippen LogP contribution in [0.4, 0.5) is 20.2 Å². The van der Waals surface area contributed by atoms with E-state index < -0.39 is 29.5 Å². The number of hydrogen-bond acceptors (Lipinski definition) is 3. The maximum absolute atomic E-state index is 13.2. The van der Waals surface area contributed by atoms with E-state index in [0.717, 1.165) is 12.1 Å². The molecule has 21 heavy (non-hydrogen) atoms. The lowest BCUT2D eigenvalue weighted by atomic mass is 10.1. The Balaban J connectivity index is 0.00000400. The van der Waals surface area contributed by atoms with Crippen molar-refractivity contribution in [3.8, 4) is 0 Å². The smallest absolute Gasteiger partial charge is 0.241 e. The molecule has 4 N–H and O–H groups in total. The summed E-state index contributed by atoms with van der Waals surface area (Å²) in [4.78, 5) is 22.8. The SMILES string of the molecule is CCCC(N)C(=O)Nc1cc(F)c(F)cc1NC(C)=O.Cl. The van der Waals surface area contributed by atoms with E-state index >= 15 is 0 Å². The highest BCUT2D eigenvalue weighted by Gasteiger charge is 2.17. The molecular formula is C13H18ClF2N3O2. The van der Waals surface area contributed by atoms with Crippen LogP contribution < -0.4 is 16.4 Å². The van der Waals surface area contributed by atoms with E-state index in [9.17, 15) is 18.4 Å². The second kappa shape index (κ2) is 8.53. The number of amides is 2. The van der Waals surface area contributed by atoms with Gasteiger partial charge in [0.05, 0.1) is 17.4 Å². The Morgan fingerprint density at radius 3 is 2.10 bits per heavy atom. The zero-order chi connectivity index (χ0) is 15.3. The van der Waals surface area contributed by atoms with Gasteiger partial charge in [-0.05, 0) is 6.42 Å². The van der Waals surface area contributed by atoms with Crippen molar-refractivity contribution >= 4 is 35.6 Å². The molecule has 0 saturated carbocycles. The minimum Gasteiger partial charge on any atom is -0.324 e. The number of carbonyl (C=O) groups excluding carboxylic acids is 2. The predicted molar refractivity (Wildman–Crippen MR) is 79.4 cm³/mol. The molecule has 118 valence electrons. The molecule has 5 nitrogen and oxygen atoms in total. The number of benzene rings is 1. The molecule has 0 radical (unpaired) electrons. The first kappa shape index (κ1) is 19.3. The van der Waals surface area contributed by atoms with Crippen molar-refractivity contribution in [1.82, 2.24) is 0 Å². The van der Waals surface area contributed by atoms with E-state index in [1.807, 2.05) is 6.92 Å². The number of nitrogens with two attached hydrogens (primary N) is 1. The van der Waals surface area contributed by atoms with Crippen LogP contribution in [0.25, 0.3) is 0 Å². The molecule has 8 heteroatoms. The third-order valence-electron chi connectivity index (χ3n) is 2.57. The molecule has 0 aliphatic carbocycles. The van der Waals surface area contributed by atoms with Gasteiger partial charge in [0.1, 0.15) is 0 Å². The average Bonchev–Trinajstić information content (AvgIpc) is 2.35. The van der Waals surface area contributed by atoms with Gasteiger partial charge in [-0.3, -0.25) is 9.59 Å². The van der Waals surface area contributed by atoms with Gasteiger partial charge < -0.3 is 16.4 Å². The molecule has 2 amide bonds. The van der Waals surface area contributed by atoms with E-state index in [0.29, 0.717) is 12.8 Å². The summed E-state index contributed by atoms with van der Waals surface area (Å²) in [5, 5.41) is 4.70. The van der Waals surface area contributed by atoms with Crippen molar-refractivity contribution in [2.45, 2.75) is 32.7 Å². The Kier molecular flexibility index (Phi) is 7.83. The topological polar surface area (TPSA) is 84.2 Å². The third-order valence-corrected chi connectivity index (χ3v) is 2.57. The molecule has 1 rings (SSSR count). The summed E-state index contributed by atoms with van der Waals surface area (Å²) in [7, 11) is 0. The number of nitrogens with one attached hydrogen (secondary N) is 2. The van der Waals surface area contributed by atoms with Crippen LogP contribution in [0.5, 0.6) is 0 Å². The first-order valence-corrected chi connectivity index (χ1v) is 6.18. The van der Waals surface area contributed by atoms with Crippen molar-refractivity contribution < 1.29 is 18.4 Å². The Morgan fingerprint density at radius 1 is 1.19 bits per heavy atom. The first-order valence-electron chi connectivity index (χ1n) is 6.18. The van der Waals surface area contributed by atoms with Crippen LogP contribution in [-0.4, -0.2) is 17.9 Å². The van der Waals surface area contributed by atoms with Crippen molar-refractivity contribution in [1.29, 1.82) is 0 Å². The molecule has 1 atom stereocenters. The number of carbonyl (C=O) groups is 2. The molecule has 0 aromatic heterocycles. The maximum Gasteiger partial charge on any atom is 0.241 e. The molecule has 0 fully saturated rings. The van der Waals surface area contributed by atoms with Crippen LogP contribution in [0.15, 0.2) is 12.1 Å². The minimum atomic E-state index is -1.13. The van der Waals surface area contributed by atoms with Gasteiger partial charge in [-0.15, -0.1) is 12.4 Å². The molecule has 0 saturated heterocycles. The number of hydrogen-bond donors (Lipinski definition) is 3. The highest BCUT2D eigenvalue weighted by molar-refractivity contribution is 6.00. The summed E-state index contributed by atoms with van der Waals surface area (Å²) in [5.74, 6) is -3.24. The molecule has 0 bridgehead atoms. The van der Waals surface area contributed by atoms with Gasteiger partial charge in [-0.2, -0.15) is 0 Å². The lowest BCUT2D eigenvalue weighted by molar-refractivity contribution is -0.117. The van der Waals surface area contributed by atoms with E-state index in [2.05, 4.69) is 10.6 Å². The lowest BCUT2D eigenvalue weighted by Crippen LogP contribution is -2.35. The van der Waals surface area contributed by atoms with Gasteiger partial charge in [0.2, 0.25) is 11.8 Å². The van der Waals surface area contributed by atoms with Crippen LogP contribution in [0.1, 0.15) is 26.7 Å². The van der Waals surface area contributed by atoms with Crippen molar-refractivity contribution in [3.63, 3.8) is 0 Å². The molecule has 1 aromatic rings. The summed E-state index contributed by atoms with van der Waals surface area (Å²) in [6.07, 6.45) is 1.18. The summed E-state index contributed by atoms with van der Waals surface area (Å²) >= 11 is 0. The van der Waals surface area contributed by atoms with Crippen LogP contribution in [0, 0.1) is 11.6 Å². The van der Waals surface area contributed by atoms with Crippen LogP contribution >= 0.6 is 12.4 Å². The van der Waals surface area contributed by atoms with Gasteiger partial charge in [-0.1, -0.05) is 13.3 Å². The zero-order valence-corrected chi connectivity index (χ0v) is 12.5. The quantitative estimate of drug-likeness (QED) is 0.778. The van der Waals surface area contributed by atoms with Gasteiger partial charge in [0, 0.05) is 19.1 Å². The van der Waals surface area contributed by atoms with Gasteiger partial charge in [-0.25, -0.2) is 8.78 Å². The highest BCUT2D eigenvalue weighted by atomic mass is 35.5. The highest BCUT2D eigenvalue weighted by Crippen LogP contribution is 2.25. The monoisotopic (exact) mass is 321 g/mol. The molecule has 1 unspecified atom stereocenters. The van der Waals surface area contributed by atoms with Gasteiger partial charge >= 0.3 is 0 Å². The Labute approximate surface area is 127 Å². The Morgan fingerprint density at radius 2 is 1.67 bits per heavy atom. The fraction of sp³-hybridized carbons (Fsp3) is 0.385. The lowest BCUT2D eigenvalue weighted by Gasteiger charge is -2.15. The Bertz CT molecular complexity index is 526. The van der Waals surface area contributed by atoms with Crippen molar-refractivity contribution in [3.05, 3.63) is 23.8 Å². The predicted octanol–water partition coefficient (Wildman–Crippen LogP) is 2.41. The van der Waals surface area contributed by atoms with Crippen LogP contribution in [-0.2, 0) is 9.59 Å². The summed E-state index contributed by atoms with van der Waals surface area (Å²) in [5.41, 5.74) is 5.58. The second-order valence-corrected chi connectivity index (χ2v) is 4.38. The number of anilines is 2. The summed E-state index contributed by atoms with van der Waals surface area (Å²) < 4.78 is 26.4. The molecule has 0 heterocycles. The normalized spacial score (nSPS) is 11.3. The number of halogens is 3. The largest absolute Gasteiger partial charge is 0.324 e. The maximum atomic E-state index is 13.2. The fourth-order valence-corrected chi connectivity index (χ4v) is 1.61. The van der Waals surface area contributed by atoms with E-state index in [1.54, 1.807) is 0 Å². The Hall–Kier alpha value is -1.73. The first-order chi connectivity index (χ1) is 9.35. The molecule has 0 aliphatic heterocycles. The van der Waals surface area contributed by atoms with Gasteiger partial charge in [0.15, 0.2) is 11.6 Å². The fourth-order valence-electron chi connectivity index (χ4n) is 1.61. The molecule has 0 spiro atoms. The summed E-state index contributed by atoms with van der Waals surface area (Å²) in [6, 6.07) is 0.854. The van der Waals surface area contributed by atoms with E-state index in [1.165, 1.54) is 6.92 Å². The van der Waals surface area contributed by atoms with Crippen LogP contribution in [0.2, 0.25) is 0 Å². The summed E-state index contributed by atoms with van der Waals surface area (Å²) in [6.45, 7) is 3.09. The second-order valence-electron chi connectivity index (χ2n) is 4.38. The minimum absolute atomic E-state index is 0. The number of rotatable bonds is 5. The van der Waals surface area contributed by atoms with E-state index in [-0.39, 0.29) is 23.8 Å². The average molecular weight is 322 g/mol. The molecule has 1 aromatic carbocycles. The molecule has 0 aliphatic rings. The zero-order valence-electron chi connectivity index (χ0n) is 11.7. The van der Waals surface area contributed by atoms with E-state index in [4.69, 9.17) is 5.73 Å². The van der Waals surface area contributed by atoms with Gasteiger partial charge in [0.25, 0.3) is 0 Å². The third kappa shape index (κ3) is 5.65. The van der Waals surface area contributed by atoms with Crippen LogP contribution in [0.3, 0.4) is 0 Å². The van der Waals surface area contributed by atoms with Crippen molar-refractivity contribution in [2.24, 2.45) is 5.73 Å². The standard InChI is InChI=1S/C13H17F2N3O2.ClH/c1-3-4-10(16)13(20)18-12-6-9(15)8(14)5-11(12)17-7(2)19;/h5-6,10H,3-4,16H2,1-2H3,(H,17,19)(H,18,20);1H.